The zero-order valence-corrected chi connectivity index (χ0v) is 19.7. The predicted octanol–water partition coefficient (Wildman–Crippen LogP) is 2.97. The van der Waals surface area contributed by atoms with Gasteiger partial charge in [0, 0.05) is 18.1 Å². The molecular formula is C22H28ClN3O4S. The molecule has 0 spiro atoms. The minimum atomic E-state index is -3.73. The normalized spacial score (nSPS) is 12.2. The van der Waals surface area contributed by atoms with E-state index < -0.39 is 28.5 Å². The number of aryl methyl sites for hydroxylation is 1. The molecule has 0 bridgehead atoms. The van der Waals surface area contributed by atoms with E-state index >= 15 is 0 Å². The molecular weight excluding hydrogens is 438 g/mol. The molecule has 2 rings (SSSR count). The monoisotopic (exact) mass is 465 g/mol. The largest absolute Gasteiger partial charge is 0.355 e. The highest BCUT2D eigenvalue weighted by molar-refractivity contribution is 7.92. The van der Waals surface area contributed by atoms with Crippen LogP contribution in [0.3, 0.4) is 0 Å². The third-order valence-electron chi connectivity index (χ3n) is 4.76. The molecule has 0 aliphatic rings. The van der Waals surface area contributed by atoms with Gasteiger partial charge >= 0.3 is 0 Å². The molecule has 168 valence electrons. The van der Waals surface area contributed by atoms with Crippen LogP contribution in [0.4, 0.5) is 5.69 Å². The van der Waals surface area contributed by atoms with Crippen LogP contribution in [-0.4, -0.2) is 50.5 Å². The first-order chi connectivity index (χ1) is 14.5. The maximum Gasteiger partial charge on any atom is 0.244 e. The number of likely N-dealkylation sites (N-methyl/N-ethyl adjacent to an activating group) is 1. The van der Waals surface area contributed by atoms with Crippen molar-refractivity contribution in [2.45, 2.75) is 33.4 Å². The average molecular weight is 466 g/mol. The fourth-order valence-corrected chi connectivity index (χ4v) is 4.12. The van der Waals surface area contributed by atoms with E-state index in [0.29, 0.717) is 17.3 Å². The van der Waals surface area contributed by atoms with Gasteiger partial charge in [-0.2, -0.15) is 0 Å². The lowest BCUT2D eigenvalue weighted by atomic mass is 10.1. The maximum atomic E-state index is 13.3. The molecule has 2 aromatic rings. The summed E-state index contributed by atoms with van der Waals surface area (Å²) in [6, 6.07) is 13.0. The number of nitrogens with one attached hydrogen (secondary N) is 1. The zero-order chi connectivity index (χ0) is 23.2. The van der Waals surface area contributed by atoms with Gasteiger partial charge in [-0.15, -0.1) is 0 Å². The highest BCUT2D eigenvalue weighted by atomic mass is 35.5. The summed E-state index contributed by atoms with van der Waals surface area (Å²) in [5, 5.41) is 3.22. The van der Waals surface area contributed by atoms with E-state index in [1.165, 1.54) is 4.90 Å². The molecule has 0 saturated heterocycles. The maximum absolute atomic E-state index is 13.3. The second kappa shape index (κ2) is 10.6. The molecule has 0 aromatic heterocycles. The van der Waals surface area contributed by atoms with Crippen molar-refractivity contribution >= 4 is 39.1 Å². The molecule has 1 unspecified atom stereocenters. The van der Waals surface area contributed by atoms with Crippen LogP contribution in [0.5, 0.6) is 0 Å². The van der Waals surface area contributed by atoms with Crippen molar-refractivity contribution in [3.05, 3.63) is 64.7 Å². The van der Waals surface area contributed by atoms with Gasteiger partial charge in [-0.05, 0) is 50.6 Å². The van der Waals surface area contributed by atoms with Crippen LogP contribution in [0, 0.1) is 6.92 Å². The summed E-state index contributed by atoms with van der Waals surface area (Å²) in [6.07, 6.45) is 1.05. The number of sulfonamides is 1. The molecule has 0 aliphatic carbocycles. The summed E-state index contributed by atoms with van der Waals surface area (Å²) in [5.74, 6) is -0.816. The van der Waals surface area contributed by atoms with Crippen molar-refractivity contribution in [2.24, 2.45) is 0 Å². The van der Waals surface area contributed by atoms with Crippen LogP contribution in [0.2, 0.25) is 5.02 Å². The van der Waals surface area contributed by atoms with Crippen molar-refractivity contribution in [1.82, 2.24) is 10.2 Å². The Morgan fingerprint density at radius 2 is 1.77 bits per heavy atom. The number of hydrogen-bond donors (Lipinski definition) is 1. The molecule has 0 saturated carbocycles. The number of carbonyl (C=O) groups is 2. The third-order valence-corrected chi connectivity index (χ3v) is 6.14. The summed E-state index contributed by atoms with van der Waals surface area (Å²) >= 11 is 6.07. The summed E-state index contributed by atoms with van der Waals surface area (Å²) < 4.78 is 25.9. The van der Waals surface area contributed by atoms with Gasteiger partial charge in [0.15, 0.2) is 0 Å². The van der Waals surface area contributed by atoms with Gasteiger partial charge in [0.05, 0.1) is 11.9 Å². The Morgan fingerprint density at radius 3 is 2.32 bits per heavy atom. The van der Waals surface area contributed by atoms with Crippen molar-refractivity contribution in [2.75, 3.05) is 23.7 Å². The quantitative estimate of drug-likeness (QED) is 0.616. The van der Waals surface area contributed by atoms with Crippen molar-refractivity contribution in [1.29, 1.82) is 0 Å². The first-order valence-electron chi connectivity index (χ1n) is 9.89. The van der Waals surface area contributed by atoms with Gasteiger partial charge in [-0.1, -0.05) is 41.4 Å². The zero-order valence-electron chi connectivity index (χ0n) is 18.1. The molecule has 9 heteroatoms. The lowest BCUT2D eigenvalue weighted by molar-refractivity contribution is -0.139. The fourth-order valence-electron chi connectivity index (χ4n) is 3.06. The van der Waals surface area contributed by atoms with Crippen molar-refractivity contribution in [3.63, 3.8) is 0 Å². The van der Waals surface area contributed by atoms with Crippen LogP contribution >= 0.6 is 11.6 Å². The van der Waals surface area contributed by atoms with Crippen molar-refractivity contribution in [3.8, 4) is 0 Å². The van der Waals surface area contributed by atoms with Crippen LogP contribution in [0.25, 0.3) is 0 Å². The molecule has 0 heterocycles. The Labute approximate surface area is 189 Å². The van der Waals surface area contributed by atoms with Gasteiger partial charge in [0.2, 0.25) is 21.8 Å². The average Bonchev–Trinajstić information content (AvgIpc) is 2.70. The van der Waals surface area contributed by atoms with Gasteiger partial charge < -0.3 is 10.2 Å². The number of carbonyl (C=O) groups excluding carboxylic acids is 2. The number of benzene rings is 2. The number of hydrogen-bond acceptors (Lipinski definition) is 4. The van der Waals surface area contributed by atoms with Gasteiger partial charge in [-0.25, -0.2) is 8.42 Å². The summed E-state index contributed by atoms with van der Waals surface area (Å²) in [6.45, 7) is 5.40. The van der Waals surface area contributed by atoms with E-state index in [-0.39, 0.29) is 12.5 Å². The number of halogens is 1. The van der Waals surface area contributed by atoms with E-state index in [1.807, 2.05) is 6.92 Å². The van der Waals surface area contributed by atoms with E-state index in [9.17, 15) is 18.0 Å². The van der Waals surface area contributed by atoms with Gasteiger partial charge in [-0.3, -0.25) is 13.9 Å². The molecule has 2 aromatic carbocycles. The number of nitrogens with zero attached hydrogens (tertiary/aromatic N) is 2. The third kappa shape index (κ3) is 6.97. The molecule has 0 fully saturated rings. The standard InChI is InChI=1S/C22H28ClN3O4S/c1-5-24-22(28)17(3)25(14-18-7-6-8-19(23)13-18)21(27)15-26(31(4,29)30)20-11-9-16(2)10-12-20/h6-13,17H,5,14-15H2,1-4H3,(H,24,28). The van der Waals surface area contributed by atoms with Crippen LogP contribution < -0.4 is 9.62 Å². The summed E-state index contributed by atoms with van der Waals surface area (Å²) in [7, 11) is -3.73. The smallest absolute Gasteiger partial charge is 0.244 e. The SMILES string of the molecule is CCNC(=O)C(C)N(Cc1cccc(Cl)c1)C(=O)CN(c1ccc(C)cc1)S(C)(=O)=O. The minimum Gasteiger partial charge on any atom is -0.355 e. The number of amides is 2. The van der Waals surface area contributed by atoms with E-state index in [4.69, 9.17) is 11.6 Å². The van der Waals surface area contributed by atoms with E-state index in [2.05, 4.69) is 5.32 Å². The molecule has 7 nitrogen and oxygen atoms in total. The van der Waals surface area contributed by atoms with E-state index in [0.717, 1.165) is 21.7 Å². The second-order valence-corrected chi connectivity index (χ2v) is 9.67. The molecule has 1 atom stereocenters. The Kier molecular flexibility index (Phi) is 8.47. The Balaban J connectivity index is 2.37. The summed E-state index contributed by atoms with van der Waals surface area (Å²) in [4.78, 5) is 27.1. The summed E-state index contributed by atoms with van der Waals surface area (Å²) in [5.41, 5.74) is 2.09. The first kappa shape index (κ1) is 24.7. The Morgan fingerprint density at radius 1 is 1.13 bits per heavy atom. The topological polar surface area (TPSA) is 86.8 Å². The Hall–Kier alpha value is -2.58. The number of anilines is 1. The molecule has 2 amide bonds. The minimum absolute atomic E-state index is 0.114. The highest BCUT2D eigenvalue weighted by Gasteiger charge is 2.29. The molecule has 1 N–H and O–H groups in total. The fraction of sp³-hybridized carbons (Fsp3) is 0.364. The van der Waals surface area contributed by atoms with Crippen LogP contribution in [0.15, 0.2) is 48.5 Å². The lowest BCUT2D eigenvalue weighted by Crippen LogP contribution is -2.51. The first-order valence-corrected chi connectivity index (χ1v) is 12.1. The lowest BCUT2D eigenvalue weighted by Gasteiger charge is -2.31. The second-order valence-electron chi connectivity index (χ2n) is 7.33. The predicted molar refractivity (Wildman–Crippen MR) is 124 cm³/mol. The molecule has 0 radical (unpaired) electrons. The number of rotatable bonds is 9. The molecule has 0 aliphatic heterocycles. The van der Waals surface area contributed by atoms with Crippen molar-refractivity contribution < 1.29 is 18.0 Å². The van der Waals surface area contributed by atoms with Crippen LogP contribution in [-0.2, 0) is 26.2 Å². The molecule has 31 heavy (non-hydrogen) atoms. The van der Waals surface area contributed by atoms with Gasteiger partial charge in [0.1, 0.15) is 12.6 Å². The van der Waals surface area contributed by atoms with Crippen LogP contribution in [0.1, 0.15) is 25.0 Å². The van der Waals surface area contributed by atoms with Gasteiger partial charge in [0.25, 0.3) is 0 Å². The Bertz CT molecular complexity index is 1030. The van der Waals surface area contributed by atoms with E-state index in [1.54, 1.807) is 62.4 Å². The highest BCUT2D eigenvalue weighted by Crippen LogP contribution is 2.20.